The second kappa shape index (κ2) is 8.16. The Balaban J connectivity index is 1.52. The molecule has 0 amide bonds. The maximum absolute atomic E-state index is 14.4. The van der Waals surface area contributed by atoms with E-state index in [1.165, 1.54) is 14.0 Å². The van der Waals surface area contributed by atoms with Crippen molar-refractivity contribution in [1.82, 2.24) is 0 Å². The molecule has 5 aliphatic rings. The average Bonchev–Trinajstić information content (AvgIpc) is 3.32. The number of carbonyl (C=O) groups is 4. The first kappa shape index (κ1) is 26.5. The van der Waals surface area contributed by atoms with Crippen molar-refractivity contribution >= 4 is 23.7 Å². The van der Waals surface area contributed by atoms with Gasteiger partial charge in [-0.1, -0.05) is 27.7 Å². The van der Waals surface area contributed by atoms with Gasteiger partial charge >= 0.3 is 17.9 Å². The van der Waals surface area contributed by atoms with Crippen LogP contribution in [0.1, 0.15) is 65.5 Å². The van der Waals surface area contributed by atoms with E-state index < -0.39 is 70.0 Å². The molecule has 6 rings (SSSR count). The molecule has 3 heterocycles. The van der Waals surface area contributed by atoms with Crippen LogP contribution in [-0.2, 0) is 38.1 Å². The normalized spacial score (nSPS) is 46.1. The highest BCUT2D eigenvalue weighted by molar-refractivity contribution is 5.94. The number of ketones is 1. The van der Waals surface area contributed by atoms with Crippen LogP contribution in [0, 0.1) is 39.9 Å². The first-order valence-corrected chi connectivity index (χ1v) is 13.6. The molecule has 2 bridgehead atoms. The number of carbonyl (C=O) groups excluding carboxylic acids is 4. The SMILES string of the molecule is COC(=O)C(O)C1C(C)(C)C(OC(C)=O)C2C(=O)C1(C)C1CCC3(C)C(c4ccoc4)OC(=O)CC3C13OC23. The highest BCUT2D eigenvalue weighted by Gasteiger charge is 2.86. The Morgan fingerprint density at radius 2 is 1.87 bits per heavy atom. The third kappa shape index (κ3) is 3.16. The van der Waals surface area contributed by atoms with E-state index in [1.807, 2.05) is 20.8 Å². The molecule has 3 saturated carbocycles. The number of aliphatic hydroxyl groups excluding tert-OH is 1. The summed E-state index contributed by atoms with van der Waals surface area (Å²) in [6.45, 7) is 8.83. The third-order valence-corrected chi connectivity index (χ3v) is 11.1. The van der Waals surface area contributed by atoms with Crippen molar-refractivity contribution in [3.05, 3.63) is 24.2 Å². The van der Waals surface area contributed by atoms with Crippen LogP contribution in [0.3, 0.4) is 0 Å². The summed E-state index contributed by atoms with van der Waals surface area (Å²) in [5, 5.41) is 11.4. The minimum absolute atomic E-state index is 0.112. The molecule has 0 aromatic carbocycles. The monoisotopic (exact) mass is 544 g/mol. The first-order chi connectivity index (χ1) is 18.3. The number of aliphatic hydroxyl groups is 1. The van der Waals surface area contributed by atoms with Crippen LogP contribution < -0.4 is 0 Å². The van der Waals surface area contributed by atoms with Crippen molar-refractivity contribution in [2.45, 2.75) is 83.9 Å². The molecule has 39 heavy (non-hydrogen) atoms. The smallest absolute Gasteiger partial charge is 0.335 e. The first-order valence-electron chi connectivity index (χ1n) is 13.6. The van der Waals surface area contributed by atoms with Crippen molar-refractivity contribution in [3.63, 3.8) is 0 Å². The van der Waals surface area contributed by atoms with Crippen LogP contribution in [0.4, 0.5) is 0 Å². The maximum Gasteiger partial charge on any atom is 0.335 e. The Morgan fingerprint density at radius 3 is 2.49 bits per heavy atom. The van der Waals surface area contributed by atoms with Gasteiger partial charge in [-0.2, -0.15) is 0 Å². The second-order valence-electron chi connectivity index (χ2n) is 13.1. The number of methoxy groups -OCH3 is 1. The van der Waals surface area contributed by atoms with Crippen molar-refractivity contribution in [1.29, 1.82) is 0 Å². The fraction of sp³-hybridized carbons (Fsp3) is 0.724. The number of hydrogen-bond donors (Lipinski definition) is 1. The summed E-state index contributed by atoms with van der Waals surface area (Å²) in [4.78, 5) is 52.6. The lowest BCUT2D eigenvalue weighted by Crippen LogP contribution is -2.74. The molecule has 1 N–H and O–H groups in total. The largest absolute Gasteiger partial charge is 0.472 e. The summed E-state index contributed by atoms with van der Waals surface area (Å²) in [6.07, 6.45) is 0.741. The molecule has 11 atom stereocenters. The summed E-state index contributed by atoms with van der Waals surface area (Å²) in [5.74, 6) is -4.38. The van der Waals surface area contributed by atoms with E-state index in [0.29, 0.717) is 12.8 Å². The van der Waals surface area contributed by atoms with Crippen LogP contribution >= 0.6 is 0 Å². The van der Waals surface area contributed by atoms with Gasteiger partial charge in [0.15, 0.2) is 6.10 Å². The number of ether oxygens (including phenoxy) is 4. The number of Topliss-reactive ketones (excluding diaryl/α,β-unsaturated/α-hetero) is 1. The molecule has 0 radical (unpaired) electrons. The van der Waals surface area contributed by atoms with Gasteiger partial charge in [0.1, 0.15) is 29.7 Å². The number of rotatable bonds is 4. The van der Waals surface area contributed by atoms with E-state index in [4.69, 9.17) is 23.4 Å². The number of cyclic esters (lactones) is 1. The predicted octanol–water partition coefficient (Wildman–Crippen LogP) is 2.76. The van der Waals surface area contributed by atoms with Crippen LogP contribution in [-0.4, -0.2) is 59.8 Å². The van der Waals surface area contributed by atoms with E-state index in [2.05, 4.69) is 6.92 Å². The topological polar surface area (TPSA) is 142 Å². The molecule has 212 valence electrons. The van der Waals surface area contributed by atoms with Crippen LogP contribution in [0.25, 0.3) is 0 Å². The van der Waals surface area contributed by atoms with Gasteiger partial charge in [0, 0.05) is 46.5 Å². The molecule has 10 nitrogen and oxygen atoms in total. The molecule has 3 aliphatic carbocycles. The van der Waals surface area contributed by atoms with Crippen molar-refractivity contribution < 1.29 is 47.6 Å². The molecule has 1 spiro atoms. The maximum atomic E-state index is 14.4. The minimum atomic E-state index is -1.63. The van der Waals surface area contributed by atoms with Crippen LogP contribution in [0.5, 0.6) is 0 Å². The van der Waals surface area contributed by atoms with E-state index in [9.17, 15) is 24.3 Å². The Morgan fingerprint density at radius 1 is 1.15 bits per heavy atom. The molecular weight excluding hydrogens is 508 g/mol. The number of fused-ring (bicyclic) bond motifs is 5. The van der Waals surface area contributed by atoms with Gasteiger partial charge in [-0.05, 0) is 18.9 Å². The summed E-state index contributed by atoms with van der Waals surface area (Å²) < 4.78 is 28.6. The van der Waals surface area contributed by atoms with Crippen molar-refractivity contribution in [3.8, 4) is 0 Å². The predicted molar refractivity (Wildman–Crippen MR) is 132 cm³/mol. The Bertz CT molecular complexity index is 1240. The quantitative estimate of drug-likeness (QED) is 0.342. The average molecular weight is 545 g/mol. The van der Waals surface area contributed by atoms with E-state index in [-0.39, 0.29) is 30.0 Å². The van der Waals surface area contributed by atoms with Crippen molar-refractivity contribution in [2.75, 3.05) is 7.11 Å². The van der Waals surface area contributed by atoms with E-state index in [1.54, 1.807) is 18.6 Å². The Labute approximate surface area is 226 Å². The molecule has 1 aromatic heterocycles. The summed E-state index contributed by atoms with van der Waals surface area (Å²) in [7, 11) is 1.19. The van der Waals surface area contributed by atoms with Gasteiger partial charge in [-0.25, -0.2) is 4.79 Å². The van der Waals surface area contributed by atoms with Crippen LogP contribution in [0.15, 0.2) is 23.0 Å². The number of hydrogen-bond acceptors (Lipinski definition) is 10. The molecule has 2 aliphatic heterocycles. The molecule has 2 saturated heterocycles. The second-order valence-corrected chi connectivity index (χ2v) is 13.1. The Kier molecular flexibility index (Phi) is 5.54. The summed E-state index contributed by atoms with van der Waals surface area (Å²) in [6, 6.07) is 1.79. The lowest BCUT2D eigenvalue weighted by atomic mass is 9.37. The Hall–Kier alpha value is -2.72. The van der Waals surface area contributed by atoms with Crippen molar-refractivity contribution in [2.24, 2.45) is 39.9 Å². The highest BCUT2D eigenvalue weighted by atomic mass is 16.6. The highest BCUT2D eigenvalue weighted by Crippen LogP contribution is 2.77. The zero-order chi connectivity index (χ0) is 28.3. The molecule has 1 aromatic rings. The van der Waals surface area contributed by atoms with E-state index >= 15 is 0 Å². The lowest BCUT2D eigenvalue weighted by Gasteiger charge is -2.65. The van der Waals surface area contributed by atoms with E-state index in [0.717, 1.165) is 5.56 Å². The summed E-state index contributed by atoms with van der Waals surface area (Å²) >= 11 is 0. The van der Waals surface area contributed by atoms with Crippen LogP contribution in [0.2, 0.25) is 0 Å². The number of esters is 3. The minimum Gasteiger partial charge on any atom is -0.472 e. The molecule has 11 unspecified atom stereocenters. The molecular formula is C29H36O10. The van der Waals surface area contributed by atoms with Gasteiger partial charge in [0.2, 0.25) is 0 Å². The zero-order valence-corrected chi connectivity index (χ0v) is 23.1. The fourth-order valence-electron chi connectivity index (χ4n) is 9.69. The van der Waals surface area contributed by atoms with Gasteiger partial charge < -0.3 is 28.5 Å². The number of epoxide rings is 1. The van der Waals surface area contributed by atoms with Gasteiger partial charge in [-0.15, -0.1) is 0 Å². The van der Waals surface area contributed by atoms with Gasteiger partial charge in [-0.3, -0.25) is 14.4 Å². The lowest BCUT2D eigenvalue weighted by molar-refractivity contribution is -0.231. The molecule has 10 heteroatoms. The van der Waals surface area contributed by atoms with Gasteiger partial charge in [0.25, 0.3) is 0 Å². The summed E-state index contributed by atoms with van der Waals surface area (Å²) in [5.41, 5.74) is -2.82. The molecule has 5 fully saturated rings. The standard InChI is InChI=1S/C29H36O10/c1-13(30)37-23-18-21(33)28(5,20(26(23,2)3)19(32)25(34)35-6)15-7-9-27(4)16(29(15)24(18)39-29)11-17(31)38-22(27)14-8-10-36-12-14/h8,10,12,15-16,18-20,22-24,32H,7,9,11H2,1-6H3. The fourth-order valence-corrected chi connectivity index (χ4v) is 9.69. The zero-order valence-electron chi connectivity index (χ0n) is 23.1. The third-order valence-electron chi connectivity index (χ3n) is 11.1. The van der Waals surface area contributed by atoms with Gasteiger partial charge in [0.05, 0.1) is 32.0 Å². The number of furan rings is 1.